The number of esters is 1. The summed E-state index contributed by atoms with van der Waals surface area (Å²) in [6, 6.07) is 23.2. The van der Waals surface area contributed by atoms with Crippen LogP contribution in [0.1, 0.15) is 29.8 Å². The second-order valence-corrected chi connectivity index (χ2v) is 7.06. The Labute approximate surface area is 170 Å². The van der Waals surface area contributed by atoms with Crippen molar-refractivity contribution in [1.29, 1.82) is 0 Å². The number of amides is 1. The molecular formula is C24H23NO4. The highest BCUT2D eigenvalue weighted by Crippen LogP contribution is 2.27. The van der Waals surface area contributed by atoms with Gasteiger partial charge in [-0.2, -0.15) is 0 Å². The maximum Gasteiger partial charge on any atom is 0.321 e. The fourth-order valence-corrected chi connectivity index (χ4v) is 2.84. The van der Waals surface area contributed by atoms with Crippen molar-refractivity contribution in [3.63, 3.8) is 0 Å². The summed E-state index contributed by atoms with van der Waals surface area (Å²) in [6.45, 7) is 3.65. The maximum absolute atomic E-state index is 12.6. The lowest BCUT2D eigenvalue weighted by molar-refractivity contribution is -0.139. The smallest absolute Gasteiger partial charge is 0.321 e. The lowest BCUT2D eigenvalue weighted by atomic mass is 9.85. The zero-order chi connectivity index (χ0) is 20.9. The molecule has 0 aliphatic rings. The van der Waals surface area contributed by atoms with Crippen molar-refractivity contribution in [3.05, 3.63) is 90.0 Å². The van der Waals surface area contributed by atoms with Crippen LogP contribution in [0.25, 0.3) is 0 Å². The van der Waals surface area contributed by atoms with E-state index in [0.29, 0.717) is 22.7 Å². The van der Waals surface area contributed by atoms with Crippen LogP contribution in [0.2, 0.25) is 0 Å². The van der Waals surface area contributed by atoms with Gasteiger partial charge in [-0.1, -0.05) is 42.5 Å². The zero-order valence-electron chi connectivity index (χ0n) is 16.6. The van der Waals surface area contributed by atoms with Gasteiger partial charge in [0, 0.05) is 5.69 Å². The molecule has 0 atom stereocenters. The molecule has 3 rings (SSSR count). The third-order valence-electron chi connectivity index (χ3n) is 4.68. The van der Waals surface area contributed by atoms with E-state index in [1.165, 1.54) is 7.11 Å². The van der Waals surface area contributed by atoms with E-state index in [1.807, 2.05) is 44.2 Å². The van der Waals surface area contributed by atoms with E-state index in [-0.39, 0.29) is 11.9 Å². The summed E-state index contributed by atoms with van der Waals surface area (Å²) in [5.41, 5.74) is 1.13. The van der Waals surface area contributed by atoms with Crippen molar-refractivity contribution in [2.45, 2.75) is 19.3 Å². The van der Waals surface area contributed by atoms with E-state index in [2.05, 4.69) is 5.32 Å². The Hall–Kier alpha value is -3.60. The molecule has 0 heterocycles. The zero-order valence-corrected chi connectivity index (χ0v) is 16.6. The van der Waals surface area contributed by atoms with Gasteiger partial charge in [0.25, 0.3) is 5.91 Å². The molecule has 0 aliphatic carbocycles. The first-order valence-corrected chi connectivity index (χ1v) is 9.24. The second kappa shape index (κ2) is 8.61. The normalized spacial score (nSPS) is 10.9. The van der Waals surface area contributed by atoms with Gasteiger partial charge < -0.3 is 14.8 Å². The molecule has 0 fully saturated rings. The van der Waals surface area contributed by atoms with Crippen molar-refractivity contribution in [2.24, 2.45) is 0 Å². The number of para-hydroxylation sites is 1. The minimum atomic E-state index is -0.780. The first kappa shape index (κ1) is 20.1. The van der Waals surface area contributed by atoms with Gasteiger partial charge in [0.05, 0.1) is 18.1 Å². The standard InChI is InChI=1S/C24H23NO4/c1-24(2,17-9-5-4-6-10-17)23(27)29-19-15-13-18(14-16-19)25-22(26)20-11-7-8-12-21(20)28-3/h4-16H,1-3H3,(H,25,26). The van der Waals surface area contributed by atoms with Gasteiger partial charge in [-0.25, -0.2) is 0 Å². The molecule has 0 saturated carbocycles. The molecule has 0 aliphatic heterocycles. The summed E-state index contributed by atoms with van der Waals surface area (Å²) < 4.78 is 10.8. The van der Waals surface area contributed by atoms with Crippen LogP contribution in [0.15, 0.2) is 78.9 Å². The predicted octanol–water partition coefficient (Wildman–Crippen LogP) is 4.83. The number of hydrogen-bond donors (Lipinski definition) is 1. The lowest BCUT2D eigenvalue weighted by Crippen LogP contribution is -2.33. The number of nitrogens with one attached hydrogen (secondary N) is 1. The summed E-state index contributed by atoms with van der Waals surface area (Å²) >= 11 is 0. The van der Waals surface area contributed by atoms with Gasteiger partial charge in [-0.3, -0.25) is 9.59 Å². The van der Waals surface area contributed by atoms with Crippen LogP contribution in [0.3, 0.4) is 0 Å². The molecule has 5 nitrogen and oxygen atoms in total. The van der Waals surface area contributed by atoms with Crippen LogP contribution in [0.5, 0.6) is 11.5 Å². The van der Waals surface area contributed by atoms with Gasteiger partial charge >= 0.3 is 5.97 Å². The van der Waals surface area contributed by atoms with E-state index in [4.69, 9.17) is 9.47 Å². The van der Waals surface area contributed by atoms with Gasteiger partial charge in [-0.05, 0) is 55.8 Å². The highest BCUT2D eigenvalue weighted by atomic mass is 16.5. The third kappa shape index (κ3) is 4.63. The molecule has 0 unspecified atom stereocenters. The molecule has 0 saturated heterocycles. The number of carbonyl (C=O) groups excluding carboxylic acids is 2. The fraction of sp³-hybridized carbons (Fsp3) is 0.167. The fourth-order valence-electron chi connectivity index (χ4n) is 2.84. The number of hydrogen-bond acceptors (Lipinski definition) is 4. The van der Waals surface area contributed by atoms with E-state index in [9.17, 15) is 9.59 Å². The molecule has 0 radical (unpaired) electrons. The van der Waals surface area contributed by atoms with Crippen molar-refractivity contribution in [1.82, 2.24) is 0 Å². The summed E-state index contributed by atoms with van der Waals surface area (Å²) in [5, 5.41) is 2.81. The lowest BCUT2D eigenvalue weighted by Gasteiger charge is -2.23. The molecular weight excluding hydrogens is 366 g/mol. The van der Waals surface area contributed by atoms with E-state index < -0.39 is 5.41 Å². The number of carbonyl (C=O) groups is 2. The Morgan fingerprint density at radius 1 is 0.828 bits per heavy atom. The van der Waals surface area contributed by atoms with Crippen molar-refractivity contribution in [3.8, 4) is 11.5 Å². The number of anilines is 1. The van der Waals surface area contributed by atoms with Crippen molar-refractivity contribution in [2.75, 3.05) is 12.4 Å². The van der Waals surface area contributed by atoms with Crippen LogP contribution in [0.4, 0.5) is 5.69 Å². The molecule has 1 N–H and O–H groups in total. The number of methoxy groups -OCH3 is 1. The summed E-state index contributed by atoms with van der Waals surface area (Å²) in [7, 11) is 1.52. The average Bonchev–Trinajstić information content (AvgIpc) is 2.75. The van der Waals surface area contributed by atoms with Crippen molar-refractivity contribution < 1.29 is 19.1 Å². The topological polar surface area (TPSA) is 64.6 Å². The Morgan fingerprint density at radius 2 is 1.45 bits per heavy atom. The minimum Gasteiger partial charge on any atom is -0.496 e. The summed E-state index contributed by atoms with van der Waals surface area (Å²) in [4.78, 5) is 25.1. The number of ether oxygens (including phenoxy) is 2. The van der Waals surface area contributed by atoms with E-state index in [0.717, 1.165) is 5.56 Å². The molecule has 148 valence electrons. The summed E-state index contributed by atoms with van der Waals surface area (Å²) in [6.07, 6.45) is 0. The van der Waals surface area contributed by atoms with Crippen LogP contribution < -0.4 is 14.8 Å². The van der Waals surface area contributed by atoms with Gasteiger partial charge in [0.15, 0.2) is 0 Å². The number of benzene rings is 3. The van der Waals surface area contributed by atoms with Gasteiger partial charge in [0.2, 0.25) is 0 Å². The monoisotopic (exact) mass is 389 g/mol. The Kier molecular flexibility index (Phi) is 5.98. The number of rotatable bonds is 6. The quantitative estimate of drug-likeness (QED) is 0.484. The molecule has 0 aromatic heterocycles. The second-order valence-electron chi connectivity index (χ2n) is 7.06. The van der Waals surface area contributed by atoms with Crippen LogP contribution in [-0.4, -0.2) is 19.0 Å². The van der Waals surface area contributed by atoms with Gasteiger partial charge in [0.1, 0.15) is 11.5 Å². The maximum atomic E-state index is 12.6. The Balaban J connectivity index is 1.67. The average molecular weight is 389 g/mol. The van der Waals surface area contributed by atoms with E-state index in [1.54, 1.807) is 48.5 Å². The van der Waals surface area contributed by atoms with Crippen LogP contribution in [0, 0.1) is 0 Å². The predicted molar refractivity (Wildman–Crippen MR) is 112 cm³/mol. The highest BCUT2D eigenvalue weighted by molar-refractivity contribution is 6.06. The molecule has 1 amide bonds. The van der Waals surface area contributed by atoms with Crippen LogP contribution >= 0.6 is 0 Å². The highest BCUT2D eigenvalue weighted by Gasteiger charge is 2.31. The third-order valence-corrected chi connectivity index (χ3v) is 4.68. The largest absolute Gasteiger partial charge is 0.496 e. The molecule has 5 heteroatoms. The molecule has 3 aromatic rings. The van der Waals surface area contributed by atoms with E-state index >= 15 is 0 Å². The van der Waals surface area contributed by atoms with Crippen LogP contribution in [-0.2, 0) is 10.2 Å². The minimum absolute atomic E-state index is 0.280. The Bertz CT molecular complexity index is 995. The Morgan fingerprint density at radius 3 is 2.10 bits per heavy atom. The molecule has 3 aromatic carbocycles. The summed E-state index contributed by atoms with van der Waals surface area (Å²) in [5.74, 6) is 0.278. The molecule has 0 bridgehead atoms. The first-order chi connectivity index (χ1) is 13.9. The molecule has 0 spiro atoms. The first-order valence-electron chi connectivity index (χ1n) is 9.24. The van der Waals surface area contributed by atoms with Gasteiger partial charge in [-0.15, -0.1) is 0 Å². The SMILES string of the molecule is COc1ccccc1C(=O)Nc1ccc(OC(=O)C(C)(C)c2ccccc2)cc1. The molecule has 29 heavy (non-hydrogen) atoms. The van der Waals surface area contributed by atoms with Crippen molar-refractivity contribution >= 4 is 17.6 Å².